The van der Waals surface area contributed by atoms with Gasteiger partial charge in [-0.1, -0.05) is 0 Å². The third-order valence-electron chi connectivity index (χ3n) is 4.65. The Morgan fingerprint density at radius 3 is 2.55 bits per heavy atom. The SMILES string of the molecule is CCn1cc(C(C)NC(=O)c2ccc(COc3ccc(C(C)=O)cc3)o2)c(C)n1. The van der Waals surface area contributed by atoms with Crippen LogP contribution in [0.4, 0.5) is 0 Å². The summed E-state index contributed by atoms with van der Waals surface area (Å²) in [5.41, 5.74) is 2.50. The number of aromatic nitrogens is 2. The highest BCUT2D eigenvalue weighted by Crippen LogP contribution is 2.19. The number of ketones is 1. The molecule has 0 saturated heterocycles. The van der Waals surface area contributed by atoms with E-state index in [1.165, 1.54) is 6.92 Å². The molecule has 2 aromatic heterocycles. The maximum absolute atomic E-state index is 12.5. The molecule has 0 bridgehead atoms. The zero-order valence-electron chi connectivity index (χ0n) is 17.1. The second-order valence-corrected chi connectivity index (χ2v) is 6.86. The van der Waals surface area contributed by atoms with Gasteiger partial charge in [0.1, 0.15) is 18.1 Å². The number of nitrogens with one attached hydrogen (secondary N) is 1. The average molecular weight is 395 g/mol. The van der Waals surface area contributed by atoms with E-state index in [1.807, 2.05) is 31.6 Å². The highest BCUT2D eigenvalue weighted by Gasteiger charge is 2.18. The molecule has 0 aliphatic rings. The summed E-state index contributed by atoms with van der Waals surface area (Å²) in [6.07, 6.45) is 1.94. The van der Waals surface area contributed by atoms with Gasteiger partial charge in [-0.05, 0) is 64.1 Å². The maximum atomic E-state index is 12.5. The number of rotatable bonds is 8. The first kappa shape index (κ1) is 20.4. The molecule has 3 aromatic rings. The summed E-state index contributed by atoms with van der Waals surface area (Å²) in [5, 5.41) is 7.35. The number of carbonyl (C=O) groups is 2. The molecule has 1 N–H and O–H groups in total. The van der Waals surface area contributed by atoms with Gasteiger partial charge >= 0.3 is 0 Å². The summed E-state index contributed by atoms with van der Waals surface area (Å²) in [7, 11) is 0. The van der Waals surface area contributed by atoms with Crippen molar-refractivity contribution in [3.8, 4) is 5.75 Å². The third kappa shape index (κ3) is 4.93. The Balaban J connectivity index is 1.57. The van der Waals surface area contributed by atoms with Gasteiger partial charge in [0.15, 0.2) is 11.5 Å². The van der Waals surface area contributed by atoms with Crippen molar-refractivity contribution >= 4 is 11.7 Å². The lowest BCUT2D eigenvalue weighted by Crippen LogP contribution is -2.26. The molecule has 0 radical (unpaired) electrons. The lowest BCUT2D eigenvalue weighted by Gasteiger charge is -2.12. The molecule has 0 fully saturated rings. The number of hydrogen-bond donors (Lipinski definition) is 1. The van der Waals surface area contributed by atoms with Crippen LogP contribution in [0.3, 0.4) is 0 Å². The van der Waals surface area contributed by atoms with E-state index < -0.39 is 0 Å². The molecule has 1 amide bonds. The Labute approximate surface area is 169 Å². The van der Waals surface area contributed by atoms with Gasteiger partial charge in [-0.3, -0.25) is 14.3 Å². The number of carbonyl (C=O) groups excluding carboxylic acids is 2. The van der Waals surface area contributed by atoms with Gasteiger partial charge in [0.2, 0.25) is 0 Å². The summed E-state index contributed by atoms with van der Waals surface area (Å²) in [4.78, 5) is 23.8. The van der Waals surface area contributed by atoms with Crippen molar-refractivity contribution in [2.75, 3.05) is 0 Å². The molecule has 29 heavy (non-hydrogen) atoms. The van der Waals surface area contributed by atoms with E-state index in [1.54, 1.807) is 36.4 Å². The molecular weight excluding hydrogens is 370 g/mol. The van der Waals surface area contributed by atoms with Crippen molar-refractivity contribution in [1.29, 1.82) is 0 Å². The molecule has 0 aliphatic carbocycles. The van der Waals surface area contributed by atoms with Gasteiger partial charge in [0.05, 0.1) is 11.7 Å². The van der Waals surface area contributed by atoms with Crippen molar-refractivity contribution in [2.24, 2.45) is 0 Å². The third-order valence-corrected chi connectivity index (χ3v) is 4.65. The smallest absolute Gasteiger partial charge is 0.287 e. The average Bonchev–Trinajstić information content (AvgIpc) is 3.33. The number of benzene rings is 1. The van der Waals surface area contributed by atoms with E-state index in [0.29, 0.717) is 17.1 Å². The monoisotopic (exact) mass is 395 g/mol. The lowest BCUT2D eigenvalue weighted by molar-refractivity contribution is 0.0907. The Bertz CT molecular complexity index is 1000. The van der Waals surface area contributed by atoms with Gasteiger partial charge in [-0.15, -0.1) is 0 Å². The molecule has 0 saturated carbocycles. The maximum Gasteiger partial charge on any atom is 0.287 e. The van der Waals surface area contributed by atoms with Crippen LogP contribution in [0.25, 0.3) is 0 Å². The fourth-order valence-corrected chi connectivity index (χ4v) is 2.98. The first-order valence-electron chi connectivity index (χ1n) is 9.54. The van der Waals surface area contributed by atoms with Gasteiger partial charge < -0.3 is 14.5 Å². The highest BCUT2D eigenvalue weighted by molar-refractivity contribution is 5.94. The second kappa shape index (κ2) is 8.77. The number of Topliss-reactive ketones (excluding diaryl/α,β-unsaturated/α-hetero) is 1. The molecule has 7 heteroatoms. The van der Waals surface area contributed by atoms with Gasteiger partial charge in [-0.2, -0.15) is 5.10 Å². The number of hydrogen-bond acceptors (Lipinski definition) is 5. The van der Waals surface area contributed by atoms with E-state index in [9.17, 15) is 9.59 Å². The lowest BCUT2D eigenvalue weighted by atomic mass is 10.1. The largest absolute Gasteiger partial charge is 0.486 e. The van der Waals surface area contributed by atoms with Gasteiger partial charge in [-0.25, -0.2) is 0 Å². The van der Waals surface area contributed by atoms with Crippen molar-refractivity contribution in [1.82, 2.24) is 15.1 Å². The minimum absolute atomic E-state index is 0.00435. The number of ether oxygens (including phenoxy) is 1. The van der Waals surface area contributed by atoms with Crippen LogP contribution in [-0.2, 0) is 13.2 Å². The van der Waals surface area contributed by atoms with Crippen LogP contribution >= 0.6 is 0 Å². The highest BCUT2D eigenvalue weighted by atomic mass is 16.5. The van der Waals surface area contributed by atoms with Crippen LogP contribution in [0, 0.1) is 6.92 Å². The van der Waals surface area contributed by atoms with E-state index in [-0.39, 0.29) is 30.1 Å². The van der Waals surface area contributed by atoms with Crippen molar-refractivity contribution < 1.29 is 18.7 Å². The molecule has 3 rings (SSSR count). The Morgan fingerprint density at radius 1 is 1.21 bits per heavy atom. The number of furan rings is 1. The van der Waals surface area contributed by atoms with Gasteiger partial charge in [0, 0.05) is 23.9 Å². The Morgan fingerprint density at radius 2 is 1.93 bits per heavy atom. The minimum Gasteiger partial charge on any atom is -0.486 e. The molecule has 1 atom stereocenters. The first-order valence-corrected chi connectivity index (χ1v) is 9.54. The van der Waals surface area contributed by atoms with Crippen molar-refractivity contribution in [3.63, 3.8) is 0 Å². The summed E-state index contributed by atoms with van der Waals surface area (Å²) in [6.45, 7) is 8.34. The second-order valence-electron chi connectivity index (χ2n) is 6.86. The topological polar surface area (TPSA) is 86.4 Å². The number of nitrogens with zero attached hydrogens (tertiary/aromatic N) is 2. The summed E-state index contributed by atoms with van der Waals surface area (Å²) < 4.78 is 13.1. The molecule has 7 nitrogen and oxygen atoms in total. The van der Waals surface area contributed by atoms with Crippen LogP contribution in [0.2, 0.25) is 0 Å². The Hall–Kier alpha value is -3.35. The Kier molecular flexibility index (Phi) is 6.16. The van der Waals surface area contributed by atoms with E-state index in [2.05, 4.69) is 10.4 Å². The quantitative estimate of drug-likeness (QED) is 0.581. The molecular formula is C22H25N3O4. The van der Waals surface area contributed by atoms with E-state index >= 15 is 0 Å². The summed E-state index contributed by atoms with van der Waals surface area (Å²) in [6, 6.07) is 10.0. The van der Waals surface area contributed by atoms with Crippen LogP contribution < -0.4 is 10.1 Å². The summed E-state index contributed by atoms with van der Waals surface area (Å²) >= 11 is 0. The number of amides is 1. The molecule has 0 aliphatic heterocycles. The van der Waals surface area contributed by atoms with E-state index in [0.717, 1.165) is 17.8 Å². The number of aryl methyl sites for hydroxylation is 2. The van der Waals surface area contributed by atoms with Crippen LogP contribution in [0.15, 0.2) is 47.0 Å². The zero-order chi connectivity index (χ0) is 21.0. The van der Waals surface area contributed by atoms with Crippen LogP contribution in [0.5, 0.6) is 5.75 Å². The predicted octanol–water partition coefficient (Wildman–Crippen LogP) is 4.08. The fourth-order valence-electron chi connectivity index (χ4n) is 2.98. The minimum atomic E-state index is -0.293. The zero-order valence-corrected chi connectivity index (χ0v) is 17.1. The van der Waals surface area contributed by atoms with Crippen molar-refractivity contribution in [3.05, 3.63) is 70.9 Å². The predicted molar refractivity (Wildman–Crippen MR) is 108 cm³/mol. The first-order chi connectivity index (χ1) is 13.9. The normalized spacial score (nSPS) is 11.9. The standard InChI is InChI=1S/C22H25N3O4/c1-5-25-12-20(15(3)24-25)14(2)23-22(27)21-11-10-19(29-21)13-28-18-8-6-17(7-9-18)16(4)26/h6-12,14H,5,13H2,1-4H3,(H,23,27). The van der Waals surface area contributed by atoms with Crippen LogP contribution in [-0.4, -0.2) is 21.5 Å². The summed E-state index contributed by atoms with van der Waals surface area (Å²) in [5.74, 6) is 1.09. The molecule has 0 spiro atoms. The van der Waals surface area contributed by atoms with Gasteiger partial charge in [0.25, 0.3) is 5.91 Å². The molecule has 2 heterocycles. The van der Waals surface area contributed by atoms with Crippen molar-refractivity contribution in [2.45, 2.75) is 46.9 Å². The molecule has 152 valence electrons. The fraction of sp³-hybridized carbons (Fsp3) is 0.318. The van der Waals surface area contributed by atoms with Crippen LogP contribution in [0.1, 0.15) is 64.7 Å². The molecule has 1 unspecified atom stereocenters. The van der Waals surface area contributed by atoms with E-state index in [4.69, 9.17) is 9.15 Å². The molecule has 1 aromatic carbocycles.